The van der Waals surface area contributed by atoms with Crippen LogP contribution in [0.2, 0.25) is 0 Å². The largest absolute Gasteiger partial charge is 0.233 e. The summed E-state index contributed by atoms with van der Waals surface area (Å²) >= 11 is 0. The number of nitrogens with zero attached hydrogens (tertiary/aromatic N) is 1. The molecule has 1 N–H and O–H groups in total. The van der Waals surface area contributed by atoms with Crippen LogP contribution in [0.1, 0.15) is 6.42 Å². The van der Waals surface area contributed by atoms with Crippen LogP contribution in [0.25, 0.3) is 0 Å². The Kier molecular flexibility index (Phi) is 1.57. The van der Waals surface area contributed by atoms with Gasteiger partial charge in [-0.3, -0.25) is 0 Å². The molecule has 1 aliphatic carbocycles. The van der Waals surface area contributed by atoms with Gasteiger partial charge in [0.2, 0.25) is 0 Å². The molecule has 1 fully saturated rings. The van der Waals surface area contributed by atoms with E-state index in [4.69, 9.17) is 0 Å². The van der Waals surface area contributed by atoms with Crippen LogP contribution in [0.4, 0.5) is 0 Å². The number of fused-ring (bicyclic) bond motifs is 1. The molecule has 2 heteroatoms. The molecule has 0 aromatic carbocycles. The summed E-state index contributed by atoms with van der Waals surface area (Å²) in [4.78, 5) is 0. The van der Waals surface area contributed by atoms with Crippen LogP contribution >= 0.6 is 0 Å². The van der Waals surface area contributed by atoms with Gasteiger partial charge in [-0.2, -0.15) is 5.43 Å². The Balaban J connectivity index is 2.09. The number of nitrogens with one attached hydrogen (secondary N) is 1. The Morgan fingerprint density at radius 3 is 3.10 bits per heavy atom. The van der Waals surface area contributed by atoms with Crippen LogP contribution in [0.15, 0.2) is 24.3 Å². The van der Waals surface area contributed by atoms with E-state index in [1.807, 2.05) is 0 Å². The van der Waals surface area contributed by atoms with Crippen LogP contribution in [-0.2, 0) is 0 Å². The molecule has 2 rings (SSSR count). The molecule has 53 valence electrons. The van der Waals surface area contributed by atoms with Gasteiger partial charge in [0.05, 0.1) is 0 Å². The van der Waals surface area contributed by atoms with Crippen LogP contribution < -0.4 is 10.9 Å². The summed E-state index contributed by atoms with van der Waals surface area (Å²) in [7, 11) is 0. The molecule has 1 radical (unpaired) electrons. The van der Waals surface area contributed by atoms with E-state index in [2.05, 4.69) is 35.2 Å². The van der Waals surface area contributed by atoms with E-state index in [-0.39, 0.29) is 0 Å². The smallest absolute Gasteiger partial charge is 0.0475 e. The van der Waals surface area contributed by atoms with Crippen LogP contribution in [0, 0.1) is 5.92 Å². The molecule has 1 saturated heterocycles. The predicted molar refractivity (Wildman–Crippen MR) is 40.3 cm³/mol. The minimum absolute atomic E-state index is 0.471. The van der Waals surface area contributed by atoms with Gasteiger partial charge in [0.25, 0.3) is 0 Å². The summed E-state index contributed by atoms with van der Waals surface area (Å²) in [6.45, 7) is 0.958. The Morgan fingerprint density at radius 2 is 2.20 bits per heavy atom. The van der Waals surface area contributed by atoms with Crippen molar-refractivity contribution in [2.24, 2.45) is 5.92 Å². The van der Waals surface area contributed by atoms with Crippen molar-refractivity contribution in [1.29, 1.82) is 0 Å². The highest BCUT2D eigenvalue weighted by molar-refractivity contribution is 5.17. The lowest BCUT2D eigenvalue weighted by Gasteiger charge is -2.28. The van der Waals surface area contributed by atoms with Crippen molar-refractivity contribution in [2.75, 3.05) is 6.54 Å². The second-order valence-corrected chi connectivity index (χ2v) is 2.76. The van der Waals surface area contributed by atoms with Gasteiger partial charge in [0, 0.05) is 12.6 Å². The molecule has 0 spiro atoms. The highest BCUT2D eigenvalue weighted by Crippen LogP contribution is 2.17. The van der Waals surface area contributed by atoms with Crippen molar-refractivity contribution >= 4 is 0 Å². The fourth-order valence-corrected chi connectivity index (χ4v) is 1.45. The van der Waals surface area contributed by atoms with Gasteiger partial charge in [-0.25, -0.2) is 5.43 Å². The third-order valence-electron chi connectivity index (χ3n) is 2.06. The van der Waals surface area contributed by atoms with Crippen molar-refractivity contribution in [1.82, 2.24) is 10.9 Å². The van der Waals surface area contributed by atoms with Gasteiger partial charge in [-0.05, 0) is 12.3 Å². The maximum Gasteiger partial charge on any atom is 0.0475 e. The Hall–Kier alpha value is -0.600. The quantitative estimate of drug-likeness (QED) is 0.517. The highest BCUT2D eigenvalue weighted by Gasteiger charge is 2.21. The molecule has 2 unspecified atom stereocenters. The van der Waals surface area contributed by atoms with Gasteiger partial charge in [0.1, 0.15) is 0 Å². The molecular weight excluding hydrogens is 124 g/mol. The minimum atomic E-state index is 0.471. The van der Waals surface area contributed by atoms with Gasteiger partial charge in [0.15, 0.2) is 0 Å². The number of rotatable bonds is 0. The summed E-state index contributed by atoms with van der Waals surface area (Å²) in [6.07, 6.45) is 9.82. The first-order chi connectivity index (χ1) is 4.97. The Labute approximate surface area is 61.0 Å². The van der Waals surface area contributed by atoms with Crippen molar-refractivity contribution in [3.05, 3.63) is 24.3 Å². The first-order valence-corrected chi connectivity index (χ1v) is 3.74. The molecule has 2 nitrogen and oxygen atoms in total. The van der Waals surface area contributed by atoms with Gasteiger partial charge in [-0.1, -0.05) is 24.3 Å². The van der Waals surface area contributed by atoms with Crippen molar-refractivity contribution in [2.45, 2.75) is 12.5 Å². The van der Waals surface area contributed by atoms with Crippen molar-refractivity contribution in [3.63, 3.8) is 0 Å². The second-order valence-electron chi connectivity index (χ2n) is 2.76. The second kappa shape index (κ2) is 2.56. The molecule has 10 heavy (non-hydrogen) atoms. The fourth-order valence-electron chi connectivity index (χ4n) is 1.45. The maximum atomic E-state index is 4.13. The average Bonchev–Trinajstić information content (AvgIpc) is 2.05. The third kappa shape index (κ3) is 1.00. The maximum absolute atomic E-state index is 4.13. The van der Waals surface area contributed by atoms with Gasteiger partial charge < -0.3 is 0 Å². The number of hydrogen-bond acceptors (Lipinski definition) is 1. The van der Waals surface area contributed by atoms with E-state index in [1.54, 1.807) is 0 Å². The standard InChI is InChI=1S/C8H11N2/c1-2-4-8-7(3-1)5-6-9-10-8/h1-4,7-8,10H,5-6H2. The predicted octanol–water partition coefficient (Wildman–Crippen LogP) is 0.610. The fraction of sp³-hybridized carbons (Fsp3) is 0.500. The third-order valence-corrected chi connectivity index (χ3v) is 2.06. The number of hydrogen-bond donors (Lipinski definition) is 1. The van der Waals surface area contributed by atoms with Crippen LogP contribution in [0.3, 0.4) is 0 Å². The molecule has 0 bridgehead atoms. The first-order valence-electron chi connectivity index (χ1n) is 3.74. The van der Waals surface area contributed by atoms with Crippen LogP contribution in [0.5, 0.6) is 0 Å². The molecule has 2 aliphatic rings. The minimum Gasteiger partial charge on any atom is -0.233 e. The summed E-state index contributed by atoms with van der Waals surface area (Å²) in [5.41, 5.74) is 7.23. The molecule has 0 aromatic heterocycles. The van der Waals surface area contributed by atoms with E-state index >= 15 is 0 Å². The Bertz CT molecular complexity index is 152. The molecule has 1 heterocycles. The average molecular weight is 135 g/mol. The zero-order valence-corrected chi connectivity index (χ0v) is 5.83. The van der Waals surface area contributed by atoms with E-state index in [0.717, 1.165) is 6.54 Å². The van der Waals surface area contributed by atoms with Crippen molar-refractivity contribution in [3.8, 4) is 0 Å². The van der Waals surface area contributed by atoms with E-state index < -0.39 is 0 Å². The molecule has 1 aliphatic heterocycles. The molecule has 0 amide bonds. The van der Waals surface area contributed by atoms with Crippen molar-refractivity contribution < 1.29 is 0 Å². The SMILES string of the molecule is C1=CC2CC[N]NC2C=C1. The zero-order chi connectivity index (χ0) is 6.81. The molecular formula is C8H11N2. The van der Waals surface area contributed by atoms with Crippen LogP contribution in [-0.4, -0.2) is 12.6 Å². The summed E-state index contributed by atoms with van der Waals surface area (Å²) in [5.74, 6) is 0.683. The zero-order valence-electron chi connectivity index (χ0n) is 5.83. The molecule has 0 saturated carbocycles. The first kappa shape index (κ1) is 6.13. The monoisotopic (exact) mass is 135 g/mol. The number of allylic oxidation sites excluding steroid dienone is 2. The lowest BCUT2D eigenvalue weighted by molar-refractivity contribution is 0.316. The summed E-state index contributed by atoms with van der Waals surface area (Å²) in [5, 5.41) is 0. The lowest BCUT2D eigenvalue weighted by Crippen LogP contribution is -2.45. The lowest BCUT2D eigenvalue weighted by atomic mass is 9.91. The molecule has 2 atom stereocenters. The topological polar surface area (TPSA) is 26.1 Å². The normalized spacial score (nSPS) is 37.6. The van der Waals surface area contributed by atoms with Gasteiger partial charge in [-0.15, -0.1) is 0 Å². The van der Waals surface area contributed by atoms with Gasteiger partial charge >= 0.3 is 0 Å². The Morgan fingerprint density at radius 1 is 1.30 bits per heavy atom. The highest BCUT2D eigenvalue weighted by atomic mass is 15.4. The van der Waals surface area contributed by atoms with E-state index in [9.17, 15) is 0 Å². The molecule has 0 aromatic rings. The summed E-state index contributed by atoms with van der Waals surface area (Å²) < 4.78 is 0. The summed E-state index contributed by atoms with van der Waals surface area (Å²) in [6, 6.07) is 0.471. The van der Waals surface area contributed by atoms with E-state index in [0.29, 0.717) is 12.0 Å². The van der Waals surface area contributed by atoms with E-state index in [1.165, 1.54) is 6.42 Å².